The van der Waals surface area contributed by atoms with Gasteiger partial charge in [0, 0.05) is 30.1 Å². The van der Waals surface area contributed by atoms with Gasteiger partial charge in [-0.1, -0.05) is 36.4 Å². The fourth-order valence-corrected chi connectivity index (χ4v) is 5.52. The molecule has 0 spiro atoms. The Balaban J connectivity index is 1.76. The number of pyridine rings is 1. The Morgan fingerprint density at radius 1 is 0.895 bits per heavy atom. The number of H-pyrrole nitrogens is 1. The topological polar surface area (TPSA) is 88.7 Å². The molecule has 38 heavy (non-hydrogen) atoms. The normalized spacial score (nSPS) is 12.2. The summed E-state index contributed by atoms with van der Waals surface area (Å²) in [7, 11) is -1.49. The maximum absolute atomic E-state index is 13.6. The van der Waals surface area contributed by atoms with Crippen molar-refractivity contribution in [2.24, 2.45) is 0 Å². The number of nitrogens with one attached hydrogen (secondary N) is 1. The predicted octanol–water partition coefficient (Wildman–Crippen LogP) is 5.00. The van der Waals surface area contributed by atoms with Crippen molar-refractivity contribution in [3.05, 3.63) is 99.8 Å². The fraction of sp³-hybridized carbons (Fsp3) is 0.222. The van der Waals surface area contributed by atoms with Crippen LogP contribution in [-0.2, 0) is 29.2 Å². The van der Waals surface area contributed by atoms with E-state index < -0.39 is 32.2 Å². The molecule has 4 aromatic rings. The minimum Gasteiger partial charge on any atom is -0.493 e. The van der Waals surface area contributed by atoms with E-state index in [2.05, 4.69) is 4.98 Å². The summed E-state index contributed by atoms with van der Waals surface area (Å²) in [5.74, 6) is 0.815. The first-order valence-electron chi connectivity index (χ1n) is 11.5. The van der Waals surface area contributed by atoms with Crippen molar-refractivity contribution in [2.75, 3.05) is 20.8 Å². The number of nitrogens with zero attached hydrogens (tertiary/aromatic N) is 1. The molecule has 0 aliphatic carbocycles. The van der Waals surface area contributed by atoms with Gasteiger partial charge in [0.25, 0.3) is 5.56 Å². The van der Waals surface area contributed by atoms with Crippen LogP contribution < -0.4 is 15.0 Å². The van der Waals surface area contributed by atoms with Crippen molar-refractivity contribution in [1.29, 1.82) is 0 Å². The number of alkyl halides is 3. The molecule has 200 valence electrons. The lowest BCUT2D eigenvalue weighted by Gasteiger charge is -2.23. The first kappa shape index (κ1) is 27.2. The standard InChI is InChI=1S/C27H25F3N2O5S/c1-36-24-14-19-13-20(26(33)31-23(19)16-25(24)37-2)17-32(12-11-18-7-4-3-5-8-18)38(34,35)22-10-6-9-21(15-22)27(28,29)30/h3-10,13-16H,11-12,17H2,1-2H3,(H,31,33). The zero-order valence-electron chi connectivity index (χ0n) is 20.6. The summed E-state index contributed by atoms with van der Waals surface area (Å²) in [6.45, 7) is -0.420. The summed E-state index contributed by atoms with van der Waals surface area (Å²) < 4.78 is 78.8. The third-order valence-corrected chi connectivity index (χ3v) is 7.90. The molecule has 0 atom stereocenters. The number of sulfonamides is 1. The van der Waals surface area contributed by atoms with Crippen molar-refractivity contribution in [1.82, 2.24) is 9.29 Å². The van der Waals surface area contributed by atoms with E-state index in [1.807, 2.05) is 18.2 Å². The van der Waals surface area contributed by atoms with E-state index in [1.54, 1.807) is 24.3 Å². The summed E-state index contributed by atoms with van der Waals surface area (Å²) in [6, 6.07) is 17.4. The lowest BCUT2D eigenvalue weighted by molar-refractivity contribution is -0.137. The van der Waals surface area contributed by atoms with Crippen LogP contribution in [0, 0.1) is 0 Å². The van der Waals surface area contributed by atoms with Gasteiger partial charge in [0.15, 0.2) is 11.5 Å². The van der Waals surface area contributed by atoms with Gasteiger partial charge < -0.3 is 14.5 Å². The number of halogens is 3. The van der Waals surface area contributed by atoms with Gasteiger partial charge in [-0.3, -0.25) is 4.79 Å². The summed E-state index contributed by atoms with van der Waals surface area (Å²) in [4.78, 5) is 15.2. The minimum atomic E-state index is -4.71. The molecule has 11 heteroatoms. The number of aromatic amines is 1. The average Bonchev–Trinajstić information content (AvgIpc) is 2.90. The Hall–Kier alpha value is -3.83. The first-order valence-corrected chi connectivity index (χ1v) is 13.0. The Kier molecular flexibility index (Phi) is 7.79. The summed E-state index contributed by atoms with van der Waals surface area (Å²) in [5, 5.41) is 0.566. The second-order valence-corrected chi connectivity index (χ2v) is 10.5. The highest BCUT2D eigenvalue weighted by molar-refractivity contribution is 7.89. The molecule has 3 aromatic carbocycles. The average molecular weight is 547 g/mol. The smallest absolute Gasteiger partial charge is 0.416 e. The Morgan fingerprint density at radius 3 is 2.24 bits per heavy atom. The maximum atomic E-state index is 13.6. The number of benzene rings is 3. The molecular weight excluding hydrogens is 521 g/mol. The van der Waals surface area contributed by atoms with Crippen LogP contribution in [0.15, 0.2) is 82.5 Å². The first-order chi connectivity index (χ1) is 18.0. The van der Waals surface area contributed by atoms with Crippen LogP contribution in [-0.4, -0.2) is 38.5 Å². The van der Waals surface area contributed by atoms with Crippen LogP contribution >= 0.6 is 0 Å². The van der Waals surface area contributed by atoms with Gasteiger partial charge in [0.05, 0.1) is 30.2 Å². The molecule has 0 aliphatic rings. The quantitative estimate of drug-likeness (QED) is 0.319. The van der Waals surface area contributed by atoms with E-state index in [4.69, 9.17) is 9.47 Å². The predicted molar refractivity (Wildman–Crippen MR) is 137 cm³/mol. The molecular formula is C27H25F3N2O5S. The Labute approximate surface area is 217 Å². The summed E-state index contributed by atoms with van der Waals surface area (Å²) >= 11 is 0. The van der Waals surface area contributed by atoms with Gasteiger partial charge in [-0.2, -0.15) is 17.5 Å². The van der Waals surface area contributed by atoms with Gasteiger partial charge in [0.2, 0.25) is 10.0 Å². The molecule has 0 aliphatic heterocycles. The molecule has 0 fully saturated rings. The largest absolute Gasteiger partial charge is 0.493 e. The third-order valence-electron chi connectivity index (χ3n) is 6.06. The van der Waals surface area contributed by atoms with Crippen molar-refractivity contribution >= 4 is 20.9 Å². The summed E-state index contributed by atoms with van der Waals surface area (Å²) in [5.41, 5.74) is -0.206. The number of rotatable bonds is 9. The molecule has 0 saturated heterocycles. The van der Waals surface area contributed by atoms with Crippen molar-refractivity contribution in [2.45, 2.75) is 24.0 Å². The van der Waals surface area contributed by atoms with Crippen molar-refractivity contribution in [3.63, 3.8) is 0 Å². The van der Waals surface area contributed by atoms with E-state index in [9.17, 15) is 26.4 Å². The third kappa shape index (κ3) is 5.84. The minimum absolute atomic E-state index is 0.0635. The Morgan fingerprint density at radius 2 is 1.58 bits per heavy atom. The van der Waals surface area contributed by atoms with E-state index >= 15 is 0 Å². The van der Waals surface area contributed by atoms with Gasteiger partial charge >= 0.3 is 6.18 Å². The molecule has 0 saturated carbocycles. The second-order valence-electron chi connectivity index (χ2n) is 8.52. The fourth-order valence-electron chi connectivity index (χ4n) is 4.05. The Bertz CT molecular complexity index is 1600. The zero-order chi connectivity index (χ0) is 27.5. The van der Waals surface area contributed by atoms with E-state index in [-0.39, 0.29) is 25.1 Å². The van der Waals surface area contributed by atoms with Crippen molar-refractivity contribution in [3.8, 4) is 11.5 Å². The van der Waals surface area contributed by atoms with Crippen molar-refractivity contribution < 1.29 is 31.1 Å². The monoisotopic (exact) mass is 546 g/mol. The maximum Gasteiger partial charge on any atom is 0.416 e. The van der Waals surface area contributed by atoms with Gasteiger partial charge in [0.1, 0.15) is 0 Å². The van der Waals surface area contributed by atoms with Crippen LogP contribution in [0.2, 0.25) is 0 Å². The highest BCUT2D eigenvalue weighted by Crippen LogP contribution is 2.33. The number of hydrogen-bond donors (Lipinski definition) is 1. The van der Waals surface area contributed by atoms with Crippen LogP contribution in [0.4, 0.5) is 13.2 Å². The van der Waals surface area contributed by atoms with Gasteiger partial charge in [-0.25, -0.2) is 8.42 Å². The number of fused-ring (bicyclic) bond motifs is 1. The molecule has 4 rings (SSSR count). The van der Waals surface area contributed by atoms with Crippen LogP contribution in [0.1, 0.15) is 16.7 Å². The second kappa shape index (κ2) is 10.9. The molecule has 7 nitrogen and oxygen atoms in total. The van der Waals surface area contributed by atoms with Crippen LogP contribution in [0.25, 0.3) is 10.9 Å². The van der Waals surface area contributed by atoms with Crippen LogP contribution in [0.5, 0.6) is 11.5 Å². The highest BCUT2D eigenvalue weighted by Gasteiger charge is 2.33. The highest BCUT2D eigenvalue weighted by atomic mass is 32.2. The number of methoxy groups -OCH3 is 2. The SMILES string of the molecule is COc1cc2cc(CN(CCc3ccccc3)S(=O)(=O)c3cccc(C(F)(F)F)c3)c(=O)[nH]c2cc1OC. The molecule has 1 aromatic heterocycles. The van der Waals surface area contributed by atoms with E-state index in [0.29, 0.717) is 28.5 Å². The van der Waals surface area contributed by atoms with E-state index in [1.165, 1.54) is 20.3 Å². The lowest BCUT2D eigenvalue weighted by Crippen LogP contribution is -2.34. The molecule has 0 bridgehead atoms. The summed E-state index contributed by atoms with van der Waals surface area (Å²) in [6.07, 6.45) is -4.43. The molecule has 0 amide bonds. The molecule has 0 unspecified atom stereocenters. The van der Waals surface area contributed by atoms with E-state index in [0.717, 1.165) is 28.1 Å². The zero-order valence-corrected chi connectivity index (χ0v) is 21.4. The molecule has 0 radical (unpaired) electrons. The molecule has 1 heterocycles. The van der Waals surface area contributed by atoms with Gasteiger partial charge in [-0.15, -0.1) is 0 Å². The van der Waals surface area contributed by atoms with Gasteiger partial charge in [-0.05, 0) is 42.3 Å². The van der Waals surface area contributed by atoms with Crippen LogP contribution in [0.3, 0.4) is 0 Å². The number of hydrogen-bond acceptors (Lipinski definition) is 5. The lowest BCUT2D eigenvalue weighted by atomic mass is 10.1. The number of aromatic nitrogens is 1. The molecule has 1 N–H and O–H groups in total. The number of ether oxygens (including phenoxy) is 2.